The standard InChI is InChI=1S/C19H31N3O2.HI/c1-5-7-8-12-22(3)19(20-6-2)21-16-17-10-9-11-18(15-17)24-14-13-23-4;/h5,9-11,15H,1,6-8,12-14,16H2,2-4H3,(H,20,21);1H. The molecule has 0 saturated carbocycles. The summed E-state index contributed by atoms with van der Waals surface area (Å²) in [5.74, 6) is 1.77. The average Bonchev–Trinajstić information content (AvgIpc) is 2.59. The summed E-state index contributed by atoms with van der Waals surface area (Å²) in [6.07, 6.45) is 4.05. The van der Waals surface area contributed by atoms with Crippen molar-refractivity contribution in [2.45, 2.75) is 26.3 Å². The summed E-state index contributed by atoms with van der Waals surface area (Å²) in [5, 5.41) is 3.34. The first-order valence-corrected chi connectivity index (χ1v) is 8.52. The molecule has 1 aromatic carbocycles. The van der Waals surface area contributed by atoms with Gasteiger partial charge in [0, 0.05) is 27.2 Å². The van der Waals surface area contributed by atoms with Crippen LogP contribution >= 0.6 is 24.0 Å². The number of rotatable bonds is 11. The molecule has 0 saturated heterocycles. The number of hydrogen-bond acceptors (Lipinski definition) is 3. The normalized spacial score (nSPS) is 10.8. The summed E-state index contributed by atoms with van der Waals surface area (Å²) in [6, 6.07) is 8.04. The molecule has 5 nitrogen and oxygen atoms in total. The van der Waals surface area contributed by atoms with Crippen LogP contribution in [0.15, 0.2) is 41.9 Å². The van der Waals surface area contributed by atoms with Crippen LogP contribution in [0.2, 0.25) is 0 Å². The van der Waals surface area contributed by atoms with Gasteiger partial charge in [-0.05, 0) is 37.5 Å². The molecule has 1 rings (SSSR count). The van der Waals surface area contributed by atoms with Crippen molar-refractivity contribution in [2.24, 2.45) is 4.99 Å². The Morgan fingerprint density at radius 3 is 2.84 bits per heavy atom. The van der Waals surface area contributed by atoms with E-state index >= 15 is 0 Å². The fourth-order valence-corrected chi connectivity index (χ4v) is 2.19. The van der Waals surface area contributed by atoms with E-state index in [0.29, 0.717) is 19.8 Å². The van der Waals surface area contributed by atoms with E-state index in [4.69, 9.17) is 14.5 Å². The van der Waals surface area contributed by atoms with Gasteiger partial charge in [-0.25, -0.2) is 4.99 Å². The highest BCUT2D eigenvalue weighted by Gasteiger charge is 2.05. The minimum atomic E-state index is 0. The van der Waals surface area contributed by atoms with Crippen LogP contribution in [0.4, 0.5) is 0 Å². The Balaban J connectivity index is 0.00000576. The number of halogens is 1. The predicted octanol–water partition coefficient (Wildman–Crippen LogP) is 3.69. The molecule has 0 heterocycles. The quantitative estimate of drug-likeness (QED) is 0.180. The van der Waals surface area contributed by atoms with Gasteiger partial charge in [0.25, 0.3) is 0 Å². The maximum absolute atomic E-state index is 5.65. The predicted molar refractivity (Wildman–Crippen MR) is 116 cm³/mol. The summed E-state index contributed by atoms with van der Waals surface area (Å²) in [5.41, 5.74) is 1.12. The number of methoxy groups -OCH3 is 1. The Labute approximate surface area is 169 Å². The van der Waals surface area contributed by atoms with E-state index in [-0.39, 0.29) is 24.0 Å². The zero-order chi connectivity index (χ0) is 17.6. The fourth-order valence-electron chi connectivity index (χ4n) is 2.19. The largest absolute Gasteiger partial charge is 0.491 e. The fraction of sp³-hybridized carbons (Fsp3) is 0.526. The first kappa shape index (κ1) is 23.7. The van der Waals surface area contributed by atoms with Crippen molar-refractivity contribution in [3.63, 3.8) is 0 Å². The molecule has 0 spiro atoms. The minimum Gasteiger partial charge on any atom is -0.491 e. The highest BCUT2D eigenvalue weighted by molar-refractivity contribution is 14.0. The Kier molecular flexibility index (Phi) is 14.2. The topological polar surface area (TPSA) is 46.1 Å². The SMILES string of the molecule is C=CCCCN(C)C(=NCc1cccc(OCCOC)c1)NCC.I. The van der Waals surface area contributed by atoms with Gasteiger partial charge < -0.3 is 19.7 Å². The van der Waals surface area contributed by atoms with Crippen molar-refractivity contribution in [2.75, 3.05) is 40.5 Å². The van der Waals surface area contributed by atoms with E-state index < -0.39 is 0 Å². The third-order valence-corrected chi connectivity index (χ3v) is 3.46. The van der Waals surface area contributed by atoms with E-state index in [1.165, 1.54) is 0 Å². The summed E-state index contributed by atoms with van der Waals surface area (Å²) in [6.45, 7) is 9.41. The molecule has 0 aliphatic rings. The summed E-state index contributed by atoms with van der Waals surface area (Å²) in [4.78, 5) is 6.88. The smallest absolute Gasteiger partial charge is 0.193 e. The van der Waals surface area contributed by atoms with Gasteiger partial charge in [-0.3, -0.25) is 0 Å². The van der Waals surface area contributed by atoms with Gasteiger partial charge in [0.1, 0.15) is 12.4 Å². The molecule has 0 aromatic heterocycles. The van der Waals surface area contributed by atoms with Crippen LogP contribution in [0, 0.1) is 0 Å². The lowest BCUT2D eigenvalue weighted by Gasteiger charge is -2.21. The Morgan fingerprint density at radius 1 is 1.36 bits per heavy atom. The van der Waals surface area contributed by atoms with Gasteiger partial charge in [0.05, 0.1) is 13.2 Å². The highest BCUT2D eigenvalue weighted by Crippen LogP contribution is 2.14. The molecule has 0 amide bonds. The molecule has 0 radical (unpaired) electrons. The van der Waals surface area contributed by atoms with E-state index in [1.807, 2.05) is 24.3 Å². The third-order valence-electron chi connectivity index (χ3n) is 3.46. The zero-order valence-corrected chi connectivity index (χ0v) is 18.0. The summed E-state index contributed by atoms with van der Waals surface area (Å²) < 4.78 is 10.6. The van der Waals surface area contributed by atoms with Gasteiger partial charge in [0.15, 0.2) is 5.96 Å². The second-order valence-corrected chi connectivity index (χ2v) is 5.51. The minimum absolute atomic E-state index is 0. The molecule has 0 atom stereocenters. The number of aliphatic imine (C=N–C) groups is 1. The van der Waals surface area contributed by atoms with E-state index in [2.05, 4.69) is 36.8 Å². The van der Waals surface area contributed by atoms with Gasteiger partial charge in [-0.1, -0.05) is 18.2 Å². The van der Waals surface area contributed by atoms with E-state index in [0.717, 1.165) is 43.2 Å². The van der Waals surface area contributed by atoms with Crippen molar-refractivity contribution in [1.29, 1.82) is 0 Å². The molecule has 25 heavy (non-hydrogen) atoms. The van der Waals surface area contributed by atoms with Crippen LogP contribution in [-0.4, -0.2) is 51.3 Å². The number of guanidine groups is 1. The molecule has 0 aliphatic heterocycles. The third kappa shape index (κ3) is 10.3. The first-order chi connectivity index (χ1) is 11.7. The van der Waals surface area contributed by atoms with Crippen LogP contribution < -0.4 is 10.1 Å². The maximum Gasteiger partial charge on any atom is 0.193 e. The Hall–Kier alpha value is -1.28. The second-order valence-electron chi connectivity index (χ2n) is 5.51. The van der Waals surface area contributed by atoms with Crippen LogP contribution in [-0.2, 0) is 11.3 Å². The number of benzene rings is 1. The summed E-state index contributed by atoms with van der Waals surface area (Å²) >= 11 is 0. The highest BCUT2D eigenvalue weighted by atomic mass is 127. The van der Waals surface area contributed by atoms with Crippen molar-refractivity contribution in [3.8, 4) is 5.75 Å². The summed E-state index contributed by atoms with van der Waals surface area (Å²) in [7, 11) is 3.73. The van der Waals surface area contributed by atoms with Crippen LogP contribution in [0.3, 0.4) is 0 Å². The lowest BCUT2D eigenvalue weighted by molar-refractivity contribution is 0.146. The van der Waals surface area contributed by atoms with Crippen LogP contribution in [0.5, 0.6) is 5.75 Å². The van der Waals surface area contributed by atoms with Crippen LogP contribution in [0.1, 0.15) is 25.3 Å². The Bertz CT molecular complexity index is 509. The number of nitrogens with one attached hydrogen (secondary N) is 1. The molecule has 0 fully saturated rings. The molecule has 1 aromatic rings. The van der Waals surface area contributed by atoms with Gasteiger partial charge >= 0.3 is 0 Å². The molecular formula is C19H32IN3O2. The molecular weight excluding hydrogens is 429 g/mol. The number of allylic oxidation sites excluding steroid dienone is 1. The van der Waals surface area contributed by atoms with Crippen molar-refractivity contribution < 1.29 is 9.47 Å². The molecule has 142 valence electrons. The van der Waals surface area contributed by atoms with Gasteiger partial charge in [-0.2, -0.15) is 0 Å². The number of nitrogens with zero attached hydrogens (tertiary/aromatic N) is 2. The monoisotopic (exact) mass is 461 g/mol. The lowest BCUT2D eigenvalue weighted by atomic mass is 10.2. The molecule has 0 bridgehead atoms. The first-order valence-electron chi connectivity index (χ1n) is 8.52. The maximum atomic E-state index is 5.65. The number of hydrogen-bond donors (Lipinski definition) is 1. The number of unbranched alkanes of at least 4 members (excludes halogenated alkanes) is 1. The van der Waals surface area contributed by atoms with E-state index in [1.54, 1.807) is 7.11 Å². The molecule has 6 heteroatoms. The van der Waals surface area contributed by atoms with Crippen molar-refractivity contribution in [3.05, 3.63) is 42.5 Å². The average molecular weight is 461 g/mol. The molecule has 1 N–H and O–H groups in total. The van der Waals surface area contributed by atoms with Crippen molar-refractivity contribution >= 4 is 29.9 Å². The van der Waals surface area contributed by atoms with Gasteiger partial charge in [-0.15, -0.1) is 30.6 Å². The van der Waals surface area contributed by atoms with Crippen molar-refractivity contribution in [1.82, 2.24) is 10.2 Å². The zero-order valence-electron chi connectivity index (χ0n) is 15.7. The second kappa shape index (κ2) is 15.0. The molecule has 0 aliphatic carbocycles. The lowest BCUT2D eigenvalue weighted by Crippen LogP contribution is -2.39. The van der Waals surface area contributed by atoms with Gasteiger partial charge in [0.2, 0.25) is 0 Å². The Morgan fingerprint density at radius 2 is 2.16 bits per heavy atom. The van der Waals surface area contributed by atoms with Crippen LogP contribution in [0.25, 0.3) is 0 Å². The van der Waals surface area contributed by atoms with E-state index in [9.17, 15) is 0 Å². The number of ether oxygens (including phenoxy) is 2. The molecule has 0 unspecified atom stereocenters.